The minimum Gasteiger partial charge on any atom is -0.467 e. The number of nitrogens with one attached hydrogen (secondary N) is 2. The lowest BCUT2D eigenvalue weighted by atomic mass is 9.84. The SMILES string of the molecule is COC(=O)C1(N(C(=O)c2ccco2)c2ccccn2)CCN(CC(C(=O)NCCc2c[nH]c3ccccc23)c2ccccc2)CC1. The van der Waals surface area contributed by atoms with Crippen LogP contribution in [0.1, 0.15) is 40.4 Å². The fourth-order valence-electron chi connectivity index (χ4n) is 6.39. The van der Waals surface area contributed by atoms with Crippen molar-refractivity contribution in [1.29, 1.82) is 0 Å². The monoisotopic (exact) mass is 619 g/mol. The van der Waals surface area contributed by atoms with E-state index in [1.807, 2.05) is 54.7 Å². The van der Waals surface area contributed by atoms with E-state index in [0.717, 1.165) is 22.0 Å². The number of aromatic amines is 1. The number of nitrogens with zero attached hydrogens (tertiary/aromatic N) is 3. The number of esters is 1. The van der Waals surface area contributed by atoms with Crippen LogP contribution in [-0.4, -0.2) is 71.5 Å². The molecule has 2 aromatic carbocycles. The lowest BCUT2D eigenvalue weighted by molar-refractivity contribution is -0.149. The van der Waals surface area contributed by atoms with Gasteiger partial charge in [0.1, 0.15) is 11.4 Å². The zero-order valence-electron chi connectivity index (χ0n) is 25.7. The maximum atomic E-state index is 13.8. The summed E-state index contributed by atoms with van der Waals surface area (Å²) in [6.45, 7) is 1.87. The van der Waals surface area contributed by atoms with Crippen LogP contribution in [0.25, 0.3) is 10.9 Å². The summed E-state index contributed by atoms with van der Waals surface area (Å²) in [5.41, 5.74) is 1.84. The van der Waals surface area contributed by atoms with E-state index in [4.69, 9.17) is 9.15 Å². The van der Waals surface area contributed by atoms with Gasteiger partial charge in [-0.3, -0.25) is 14.5 Å². The number of methoxy groups -OCH3 is 1. The molecule has 46 heavy (non-hydrogen) atoms. The number of carbonyl (C=O) groups excluding carboxylic acids is 3. The summed E-state index contributed by atoms with van der Waals surface area (Å²) in [4.78, 5) is 52.4. The fraction of sp³-hybridized carbons (Fsp3) is 0.278. The highest BCUT2D eigenvalue weighted by atomic mass is 16.5. The number of aromatic nitrogens is 2. The first-order valence-corrected chi connectivity index (χ1v) is 15.5. The molecule has 236 valence electrons. The first-order valence-electron chi connectivity index (χ1n) is 15.5. The Kier molecular flexibility index (Phi) is 9.25. The van der Waals surface area contributed by atoms with Crippen molar-refractivity contribution in [2.24, 2.45) is 0 Å². The van der Waals surface area contributed by atoms with E-state index in [1.165, 1.54) is 18.3 Å². The number of hydrogen-bond acceptors (Lipinski definition) is 7. The number of hydrogen-bond donors (Lipinski definition) is 2. The fourth-order valence-corrected chi connectivity index (χ4v) is 6.39. The van der Waals surface area contributed by atoms with Crippen LogP contribution >= 0.6 is 0 Å². The summed E-state index contributed by atoms with van der Waals surface area (Å²) in [5, 5.41) is 4.32. The highest BCUT2D eigenvalue weighted by Crippen LogP contribution is 2.36. The van der Waals surface area contributed by atoms with E-state index in [-0.39, 0.29) is 24.5 Å². The molecule has 10 nitrogen and oxygen atoms in total. The minimum atomic E-state index is -1.31. The largest absolute Gasteiger partial charge is 0.467 e. The highest BCUT2D eigenvalue weighted by Gasteiger charge is 2.51. The molecule has 0 radical (unpaired) electrons. The van der Waals surface area contributed by atoms with Crippen LogP contribution in [0.3, 0.4) is 0 Å². The number of furan rings is 1. The van der Waals surface area contributed by atoms with Crippen LogP contribution in [0, 0.1) is 0 Å². The van der Waals surface area contributed by atoms with Gasteiger partial charge in [-0.25, -0.2) is 9.78 Å². The Morgan fingerprint density at radius 2 is 1.76 bits per heavy atom. The number of fused-ring (bicyclic) bond motifs is 1. The van der Waals surface area contributed by atoms with Gasteiger partial charge in [0.2, 0.25) is 5.91 Å². The first kappa shape index (κ1) is 30.8. The summed E-state index contributed by atoms with van der Waals surface area (Å²) in [7, 11) is 1.33. The standard InChI is InChI=1S/C36H37N5O5/c1-45-35(44)36(41(32-15-7-8-19-37-32)34(43)31-14-9-23-46-31)17-21-40(22-18-36)25-29(26-10-3-2-4-11-26)33(42)38-20-16-27-24-39-30-13-6-5-12-28(27)30/h2-15,19,23-24,29,39H,16-18,20-22,25H2,1H3,(H,38,42). The molecule has 1 atom stereocenters. The third-order valence-electron chi connectivity index (χ3n) is 8.82. The van der Waals surface area contributed by atoms with Gasteiger partial charge in [-0.15, -0.1) is 0 Å². The first-order chi connectivity index (χ1) is 22.5. The van der Waals surface area contributed by atoms with E-state index in [0.29, 0.717) is 38.4 Å². The number of pyridine rings is 1. The molecule has 1 aliphatic heterocycles. The van der Waals surface area contributed by atoms with E-state index in [9.17, 15) is 14.4 Å². The molecule has 1 saturated heterocycles. The molecule has 0 spiro atoms. The molecule has 0 aliphatic carbocycles. The zero-order valence-corrected chi connectivity index (χ0v) is 25.7. The predicted molar refractivity (Wildman–Crippen MR) is 174 cm³/mol. The Bertz CT molecular complexity index is 1760. The number of rotatable bonds is 11. The molecule has 6 rings (SSSR count). The maximum Gasteiger partial charge on any atom is 0.332 e. The van der Waals surface area contributed by atoms with Crippen LogP contribution in [-0.2, 0) is 20.7 Å². The summed E-state index contributed by atoms with van der Waals surface area (Å²) >= 11 is 0. The Morgan fingerprint density at radius 3 is 2.48 bits per heavy atom. The van der Waals surface area contributed by atoms with Crippen LogP contribution in [0.4, 0.5) is 5.82 Å². The van der Waals surface area contributed by atoms with E-state index in [1.54, 1.807) is 36.5 Å². The second-order valence-corrected chi connectivity index (χ2v) is 11.5. The molecule has 4 heterocycles. The van der Waals surface area contributed by atoms with Gasteiger partial charge in [-0.2, -0.15) is 0 Å². The number of likely N-dealkylation sites (tertiary alicyclic amines) is 1. The smallest absolute Gasteiger partial charge is 0.332 e. The van der Waals surface area contributed by atoms with Gasteiger partial charge in [0.15, 0.2) is 5.76 Å². The van der Waals surface area contributed by atoms with Crippen molar-refractivity contribution in [3.05, 3.63) is 120 Å². The van der Waals surface area contributed by atoms with Gasteiger partial charge >= 0.3 is 5.97 Å². The number of ether oxygens (including phenoxy) is 1. The lowest BCUT2D eigenvalue weighted by Crippen LogP contribution is -2.63. The van der Waals surface area contributed by atoms with E-state index < -0.39 is 23.3 Å². The molecule has 2 N–H and O–H groups in total. The number of H-pyrrole nitrogens is 1. The number of para-hydroxylation sites is 1. The normalized spacial score (nSPS) is 15.2. The Labute approximate surface area is 267 Å². The molecule has 1 aliphatic rings. The zero-order chi connectivity index (χ0) is 31.9. The van der Waals surface area contributed by atoms with Gasteiger partial charge in [-0.1, -0.05) is 54.6 Å². The number of piperidine rings is 1. The number of anilines is 1. The summed E-state index contributed by atoms with van der Waals surface area (Å²) < 4.78 is 10.8. The van der Waals surface area contributed by atoms with E-state index >= 15 is 0 Å². The number of carbonyl (C=O) groups is 3. The van der Waals surface area contributed by atoms with Crippen LogP contribution in [0.5, 0.6) is 0 Å². The van der Waals surface area contributed by atoms with Crippen LogP contribution in [0.2, 0.25) is 0 Å². The lowest BCUT2D eigenvalue weighted by Gasteiger charge is -2.46. The number of amides is 2. The average Bonchev–Trinajstić information content (AvgIpc) is 3.79. The van der Waals surface area contributed by atoms with E-state index in [2.05, 4.69) is 26.3 Å². The third kappa shape index (κ3) is 6.29. The van der Waals surface area contributed by atoms with Crippen molar-refractivity contribution < 1.29 is 23.5 Å². The van der Waals surface area contributed by atoms with Gasteiger partial charge in [-0.05, 0) is 60.7 Å². The topological polar surface area (TPSA) is 121 Å². The Morgan fingerprint density at radius 1 is 1.00 bits per heavy atom. The van der Waals surface area contributed by atoms with Crippen LogP contribution in [0.15, 0.2) is 108 Å². The quantitative estimate of drug-likeness (QED) is 0.201. The predicted octanol–water partition coefficient (Wildman–Crippen LogP) is 4.95. The molecule has 0 bridgehead atoms. The highest BCUT2D eigenvalue weighted by molar-refractivity contribution is 6.09. The molecule has 1 fully saturated rings. The molecule has 2 amide bonds. The van der Waals surface area contributed by atoms with Crippen molar-refractivity contribution in [3.63, 3.8) is 0 Å². The van der Waals surface area contributed by atoms with Crippen LogP contribution < -0.4 is 10.2 Å². The average molecular weight is 620 g/mol. The van der Waals surface area contributed by atoms with Crippen molar-refractivity contribution in [1.82, 2.24) is 20.2 Å². The Balaban J connectivity index is 1.19. The van der Waals surface area contributed by atoms with Crippen molar-refractivity contribution in [2.45, 2.75) is 30.7 Å². The molecule has 10 heteroatoms. The molecule has 3 aromatic heterocycles. The molecule has 0 saturated carbocycles. The Hall–Kier alpha value is -5.22. The second-order valence-electron chi connectivity index (χ2n) is 11.5. The van der Waals surface area contributed by atoms with Gasteiger partial charge < -0.3 is 24.4 Å². The second kappa shape index (κ2) is 13.8. The van der Waals surface area contributed by atoms with Crippen molar-refractivity contribution in [2.75, 3.05) is 38.2 Å². The summed E-state index contributed by atoms with van der Waals surface area (Å²) in [6.07, 6.45) is 6.28. The van der Waals surface area contributed by atoms with Gasteiger partial charge in [0, 0.05) is 49.5 Å². The maximum absolute atomic E-state index is 13.8. The van der Waals surface area contributed by atoms with Crippen molar-refractivity contribution >= 4 is 34.5 Å². The minimum absolute atomic E-state index is 0.0565. The van der Waals surface area contributed by atoms with Gasteiger partial charge in [0.05, 0.1) is 19.3 Å². The van der Waals surface area contributed by atoms with Gasteiger partial charge in [0.25, 0.3) is 5.91 Å². The third-order valence-corrected chi connectivity index (χ3v) is 8.82. The van der Waals surface area contributed by atoms with Crippen molar-refractivity contribution in [3.8, 4) is 0 Å². The summed E-state index contributed by atoms with van der Waals surface area (Å²) in [5.74, 6) is -1.04. The summed E-state index contributed by atoms with van der Waals surface area (Å²) in [6, 6.07) is 26.3. The molecule has 1 unspecified atom stereocenters. The molecular formula is C36H37N5O5. The molecular weight excluding hydrogens is 582 g/mol. The number of benzene rings is 2. The molecule has 5 aromatic rings.